The van der Waals surface area contributed by atoms with E-state index in [1.165, 1.54) is 22.3 Å². The molecule has 0 saturated carbocycles. The van der Waals surface area contributed by atoms with Crippen molar-refractivity contribution in [3.05, 3.63) is 94.5 Å². The van der Waals surface area contributed by atoms with Crippen LogP contribution < -0.4 is 34.5 Å². The SMILES string of the molecule is CCOC(=O)c1ccc(N2CCC(=Cc3ccccc3-c3ccc(Cl)cc3)CC2)cc1.[H-].[Na+]. The first kappa shape index (κ1) is 24.6. The first-order valence-corrected chi connectivity index (χ1v) is 11.1. The molecule has 1 aliphatic rings. The molecule has 0 amide bonds. The van der Waals surface area contributed by atoms with E-state index in [0.29, 0.717) is 12.2 Å². The van der Waals surface area contributed by atoms with Crippen LogP contribution in [0.15, 0.2) is 78.4 Å². The molecule has 1 heterocycles. The van der Waals surface area contributed by atoms with Crippen LogP contribution in [0.5, 0.6) is 0 Å². The Balaban J connectivity index is 0.00000193. The van der Waals surface area contributed by atoms with Gasteiger partial charge in [-0.25, -0.2) is 4.79 Å². The van der Waals surface area contributed by atoms with E-state index < -0.39 is 0 Å². The van der Waals surface area contributed by atoms with Crippen molar-refractivity contribution in [1.29, 1.82) is 0 Å². The molecule has 0 spiro atoms. The van der Waals surface area contributed by atoms with Crippen LogP contribution in [0.4, 0.5) is 5.69 Å². The Morgan fingerprint density at radius 3 is 2.31 bits per heavy atom. The van der Waals surface area contributed by atoms with Gasteiger partial charge in [0.2, 0.25) is 0 Å². The summed E-state index contributed by atoms with van der Waals surface area (Å²) in [7, 11) is 0. The van der Waals surface area contributed by atoms with Crippen LogP contribution in [0.2, 0.25) is 5.02 Å². The van der Waals surface area contributed by atoms with E-state index in [9.17, 15) is 4.79 Å². The maximum absolute atomic E-state index is 11.8. The van der Waals surface area contributed by atoms with Crippen molar-refractivity contribution in [1.82, 2.24) is 0 Å². The van der Waals surface area contributed by atoms with E-state index in [1.54, 1.807) is 0 Å². The summed E-state index contributed by atoms with van der Waals surface area (Å²) in [5.74, 6) is -0.266. The fraction of sp³-hybridized carbons (Fsp3) is 0.222. The van der Waals surface area contributed by atoms with Crippen LogP contribution in [0.3, 0.4) is 0 Å². The molecule has 3 nitrogen and oxygen atoms in total. The molecule has 0 unspecified atom stereocenters. The van der Waals surface area contributed by atoms with Crippen molar-refractivity contribution in [3.8, 4) is 11.1 Å². The molecule has 1 aliphatic heterocycles. The summed E-state index contributed by atoms with van der Waals surface area (Å²) in [5, 5.41) is 0.752. The van der Waals surface area contributed by atoms with Crippen molar-refractivity contribution >= 4 is 29.3 Å². The van der Waals surface area contributed by atoms with Gasteiger partial charge in [0.05, 0.1) is 12.2 Å². The Morgan fingerprint density at radius 1 is 1.00 bits per heavy atom. The summed E-state index contributed by atoms with van der Waals surface area (Å²) < 4.78 is 5.06. The van der Waals surface area contributed by atoms with Crippen molar-refractivity contribution in [3.63, 3.8) is 0 Å². The molecule has 0 bridgehead atoms. The number of carbonyl (C=O) groups excluding carboxylic acids is 1. The molecule has 0 atom stereocenters. The van der Waals surface area contributed by atoms with Crippen molar-refractivity contribution in [2.75, 3.05) is 24.6 Å². The van der Waals surface area contributed by atoms with Gasteiger partial charge in [0.25, 0.3) is 0 Å². The summed E-state index contributed by atoms with van der Waals surface area (Å²) in [6, 6.07) is 24.2. The van der Waals surface area contributed by atoms with Gasteiger partial charge in [0.1, 0.15) is 0 Å². The fourth-order valence-corrected chi connectivity index (χ4v) is 4.08. The number of ether oxygens (including phenoxy) is 1. The molecule has 0 radical (unpaired) electrons. The van der Waals surface area contributed by atoms with Crippen LogP contribution in [0.1, 0.15) is 37.1 Å². The first-order valence-electron chi connectivity index (χ1n) is 10.7. The maximum atomic E-state index is 11.8. The Bertz CT molecular complexity index is 1070. The summed E-state index contributed by atoms with van der Waals surface area (Å²) in [6.07, 6.45) is 4.38. The second-order valence-corrected chi connectivity index (χ2v) is 8.09. The van der Waals surface area contributed by atoms with Crippen LogP contribution >= 0.6 is 11.6 Å². The molecule has 32 heavy (non-hydrogen) atoms. The van der Waals surface area contributed by atoms with E-state index >= 15 is 0 Å². The smallest absolute Gasteiger partial charge is 1.00 e. The number of carbonyl (C=O) groups is 1. The zero-order valence-corrected chi connectivity index (χ0v) is 21.4. The van der Waals surface area contributed by atoms with Crippen molar-refractivity contribution < 1.29 is 40.5 Å². The fourth-order valence-electron chi connectivity index (χ4n) is 3.95. The number of hydrogen-bond donors (Lipinski definition) is 0. The Labute approximate surface area is 218 Å². The van der Waals surface area contributed by atoms with Gasteiger partial charge in [-0.2, -0.15) is 0 Å². The minimum Gasteiger partial charge on any atom is -1.00 e. The summed E-state index contributed by atoms with van der Waals surface area (Å²) in [6.45, 7) is 4.14. The van der Waals surface area contributed by atoms with Gasteiger partial charge in [-0.15, -0.1) is 0 Å². The topological polar surface area (TPSA) is 29.5 Å². The van der Waals surface area contributed by atoms with Crippen LogP contribution in [-0.4, -0.2) is 25.7 Å². The molecule has 4 rings (SSSR count). The molecule has 1 saturated heterocycles. The number of benzene rings is 3. The largest absolute Gasteiger partial charge is 1.00 e. The van der Waals surface area contributed by atoms with Gasteiger partial charge < -0.3 is 11.1 Å². The van der Waals surface area contributed by atoms with Gasteiger partial charge in [-0.05, 0) is 72.9 Å². The number of nitrogens with zero attached hydrogens (tertiary/aromatic N) is 1. The molecule has 1 fully saturated rings. The third kappa shape index (κ3) is 6.05. The van der Waals surface area contributed by atoms with E-state index in [4.69, 9.17) is 16.3 Å². The number of hydrogen-bond acceptors (Lipinski definition) is 3. The van der Waals surface area contributed by atoms with Crippen LogP contribution in [0.25, 0.3) is 17.2 Å². The summed E-state index contributed by atoms with van der Waals surface area (Å²) in [5.41, 5.74) is 6.85. The summed E-state index contributed by atoms with van der Waals surface area (Å²) >= 11 is 6.06. The Morgan fingerprint density at radius 2 is 1.66 bits per heavy atom. The van der Waals surface area contributed by atoms with E-state index in [2.05, 4.69) is 47.4 Å². The first-order chi connectivity index (χ1) is 15.1. The van der Waals surface area contributed by atoms with Gasteiger partial charge in [-0.3, -0.25) is 0 Å². The molecule has 0 N–H and O–H groups in total. The molecular formula is C27H27ClNNaO2. The standard InChI is InChI=1S/C27H26ClNO2.Na.H/c1-2-31-27(30)22-9-13-25(14-10-22)29-17-15-20(16-18-29)19-23-5-3-4-6-26(23)21-7-11-24(28)12-8-21;;/h3-14,19H,2,15-18H2,1H3;;/q;+1;-1. The van der Waals surface area contributed by atoms with E-state index in [1.807, 2.05) is 43.3 Å². The van der Waals surface area contributed by atoms with Gasteiger partial charge in [-0.1, -0.05) is 59.6 Å². The van der Waals surface area contributed by atoms with Crippen molar-refractivity contribution in [2.45, 2.75) is 19.8 Å². The second-order valence-electron chi connectivity index (χ2n) is 7.65. The van der Waals surface area contributed by atoms with Crippen molar-refractivity contribution in [2.24, 2.45) is 0 Å². The van der Waals surface area contributed by atoms with Gasteiger partial charge in [0.15, 0.2) is 0 Å². The Hall–Kier alpha value is -2.04. The van der Waals surface area contributed by atoms with Crippen LogP contribution in [-0.2, 0) is 4.74 Å². The summed E-state index contributed by atoms with van der Waals surface area (Å²) in [4.78, 5) is 14.2. The van der Waals surface area contributed by atoms with Gasteiger partial charge in [0, 0.05) is 23.8 Å². The Kier molecular flexibility index (Phi) is 9.01. The zero-order chi connectivity index (χ0) is 21.6. The van der Waals surface area contributed by atoms with E-state index in [0.717, 1.165) is 36.6 Å². The molecule has 0 aliphatic carbocycles. The third-order valence-electron chi connectivity index (χ3n) is 5.62. The molecule has 3 aromatic carbocycles. The minimum atomic E-state index is -0.266. The van der Waals surface area contributed by atoms with E-state index in [-0.39, 0.29) is 37.0 Å². The predicted octanol–water partition coefficient (Wildman–Crippen LogP) is 3.98. The number of halogens is 1. The third-order valence-corrected chi connectivity index (χ3v) is 5.88. The average Bonchev–Trinajstić information content (AvgIpc) is 2.81. The average molecular weight is 456 g/mol. The number of rotatable bonds is 5. The normalized spacial score (nSPS) is 13.3. The van der Waals surface area contributed by atoms with Crippen LogP contribution in [0, 0.1) is 0 Å². The number of piperidine rings is 1. The molecule has 3 aromatic rings. The molecule has 160 valence electrons. The molecular weight excluding hydrogens is 429 g/mol. The quantitative estimate of drug-likeness (QED) is 0.430. The maximum Gasteiger partial charge on any atom is 1.00 e. The molecule has 5 heteroatoms. The zero-order valence-electron chi connectivity index (χ0n) is 19.7. The number of anilines is 1. The second kappa shape index (κ2) is 11.7. The monoisotopic (exact) mass is 455 g/mol. The van der Waals surface area contributed by atoms with Gasteiger partial charge >= 0.3 is 35.5 Å². The predicted molar refractivity (Wildman–Crippen MR) is 130 cm³/mol. The number of esters is 1. The minimum absolute atomic E-state index is 0. The molecule has 0 aromatic heterocycles.